The number of aromatic amines is 1. The highest BCUT2D eigenvalue weighted by atomic mass is 19.1. The van der Waals surface area contributed by atoms with Crippen LogP contribution >= 0.6 is 0 Å². The summed E-state index contributed by atoms with van der Waals surface area (Å²) in [5.74, 6) is 7.21. The van der Waals surface area contributed by atoms with Gasteiger partial charge in [0.05, 0.1) is 18.2 Å². The molecule has 4 rings (SSSR count). The van der Waals surface area contributed by atoms with Gasteiger partial charge in [0.2, 0.25) is 5.95 Å². The molecule has 0 unspecified atom stereocenters. The third-order valence-electron chi connectivity index (χ3n) is 4.78. The van der Waals surface area contributed by atoms with Gasteiger partial charge in [-0.2, -0.15) is 0 Å². The molecule has 0 amide bonds. The van der Waals surface area contributed by atoms with Crippen LogP contribution in [-0.2, 0) is 0 Å². The maximum atomic E-state index is 9.50. The molecule has 5 heteroatoms. The molecular formula is C25H25FN4. The van der Waals surface area contributed by atoms with E-state index in [0.29, 0.717) is 13.2 Å². The average molecular weight is 401 g/mol. The number of hydrogen-bond acceptors (Lipinski definition) is 3. The lowest BCUT2D eigenvalue weighted by molar-refractivity contribution is 0.636. The molecule has 2 aromatic carbocycles. The molecule has 0 saturated heterocycles. The van der Waals surface area contributed by atoms with Crippen LogP contribution in [0.5, 0.6) is 0 Å². The lowest BCUT2D eigenvalue weighted by Gasteiger charge is -2.19. The molecule has 4 aromatic rings. The molecule has 0 aliphatic rings. The van der Waals surface area contributed by atoms with Crippen LogP contribution in [0.25, 0.3) is 22.2 Å². The van der Waals surface area contributed by atoms with E-state index < -0.39 is 0 Å². The van der Waals surface area contributed by atoms with Crippen molar-refractivity contribution in [3.63, 3.8) is 0 Å². The number of alkyl halides is 1. The van der Waals surface area contributed by atoms with Gasteiger partial charge >= 0.3 is 0 Å². The number of hydrogen-bond donors (Lipinski definition) is 1. The normalized spacial score (nSPS) is 10.2. The highest BCUT2D eigenvalue weighted by Gasteiger charge is 2.10. The van der Waals surface area contributed by atoms with E-state index in [9.17, 15) is 4.39 Å². The smallest absolute Gasteiger partial charge is 0.203 e. The molecule has 0 saturated carbocycles. The van der Waals surface area contributed by atoms with E-state index in [1.165, 1.54) is 0 Å². The standard InChI is InChI=1S/C24H22N4.CH3F/c1-17(2)28(3)24-26-22-14-10-18(15-23(22)27-24)9-12-21-13-11-20(16-25-21)19-7-5-4-6-8-19;1-2/h4-8,10-11,13-17H,1-3H3,(H,26,27);1H3. The van der Waals surface area contributed by atoms with Gasteiger partial charge in [0.1, 0.15) is 5.69 Å². The summed E-state index contributed by atoms with van der Waals surface area (Å²) in [6.45, 7) is 4.28. The fraction of sp³-hybridized carbons (Fsp3) is 0.200. The summed E-state index contributed by atoms with van der Waals surface area (Å²) < 4.78 is 9.50. The molecule has 4 nitrogen and oxygen atoms in total. The van der Waals surface area contributed by atoms with E-state index in [4.69, 9.17) is 0 Å². The molecule has 2 heterocycles. The van der Waals surface area contributed by atoms with Crippen molar-refractivity contribution < 1.29 is 4.39 Å². The van der Waals surface area contributed by atoms with E-state index >= 15 is 0 Å². The van der Waals surface area contributed by atoms with Gasteiger partial charge in [0, 0.05) is 30.4 Å². The largest absolute Gasteiger partial charge is 0.343 e. The highest BCUT2D eigenvalue weighted by Crippen LogP contribution is 2.20. The molecular weight excluding hydrogens is 375 g/mol. The Morgan fingerprint density at radius 3 is 2.37 bits per heavy atom. The fourth-order valence-corrected chi connectivity index (χ4v) is 2.89. The van der Waals surface area contributed by atoms with Crippen molar-refractivity contribution in [1.82, 2.24) is 15.0 Å². The predicted octanol–water partition coefficient (Wildman–Crippen LogP) is 5.46. The van der Waals surface area contributed by atoms with E-state index in [0.717, 1.165) is 39.4 Å². The predicted molar refractivity (Wildman–Crippen MR) is 122 cm³/mol. The first-order valence-corrected chi connectivity index (χ1v) is 9.74. The van der Waals surface area contributed by atoms with Crippen LogP contribution < -0.4 is 4.90 Å². The van der Waals surface area contributed by atoms with Crippen LogP contribution in [0.4, 0.5) is 10.3 Å². The van der Waals surface area contributed by atoms with Crippen molar-refractivity contribution in [2.24, 2.45) is 0 Å². The molecule has 0 atom stereocenters. The zero-order chi connectivity index (χ0) is 21.5. The number of fused-ring (bicyclic) bond motifs is 1. The summed E-state index contributed by atoms with van der Waals surface area (Å²) >= 11 is 0. The van der Waals surface area contributed by atoms with Gasteiger partial charge in [-0.25, -0.2) is 9.97 Å². The summed E-state index contributed by atoms with van der Waals surface area (Å²) in [6, 6.07) is 20.6. The second-order valence-corrected chi connectivity index (χ2v) is 7.05. The van der Waals surface area contributed by atoms with Gasteiger partial charge < -0.3 is 9.88 Å². The van der Waals surface area contributed by atoms with Crippen molar-refractivity contribution in [2.75, 3.05) is 19.1 Å². The monoisotopic (exact) mass is 400 g/mol. The highest BCUT2D eigenvalue weighted by molar-refractivity contribution is 5.79. The van der Waals surface area contributed by atoms with Crippen molar-refractivity contribution in [3.05, 3.63) is 78.1 Å². The summed E-state index contributed by atoms with van der Waals surface area (Å²) in [5.41, 5.74) is 5.86. The van der Waals surface area contributed by atoms with E-state index in [1.54, 1.807) is 0 Å². The van der Waals surface area contributed by atoms with E-state index in [1.807, 2.05) is 55.7 Å². The second kappa shape index (κ2) is 9.71. The van der Waals surface area contributed by atoms with Crippen molar-refractivity contribution in [2.45, 2.75) is 19.9 Å². The quantitative estimate of drug-likeness (QED) is 0.465. The Hall–Kier alpha value is -3.65. The minimum absolute atomic E-state index is 0.379. The zero-order valence-electron chi connectivity index (χ0n) is 17.6. The number of imidazole rings is 1. The number of H-pyrrole nitrogens is 1. The number of rotatable bonds is 3. The van der Waals surface area contributed by atoms with Gasteiger partial charge in [-0.05, 0) is 49.6 Å². The molecule has 0 bridgehead atoms. The molecule has 152 valence electrons. The van der Waals surface area contributed by atoms with Gasteiger partial charge in [-0.15, -0.1) is 0 Å². The Morgan fingerprint density at radius 2 is 1.70 bits per heavy atom. The van der Waals surface area contributed by atoms with Crippen LogP contribution in [0, 0.1) is 11.8 Å². The minimum Gasteiger partial charge on any atom is -0.343 e. The van der Waals surface area contributed by atoms with Gasteiger partial charge in [-0.3, -0.25) is 4.39 Å². The first-order chi connectivity index (χ1) is 14.6. The molecule has 0 fully saturated rings. The maximum absolute atomic E-state index is 9.50. The molecule has 0 aliphatic heterocycles. The van der Waals surface area contributed by atoms with Crippen LogP contribution in [0.1, 0.15) is 25.1 Å². The Morgan fingerprint density at radius 1 is 0.933 bits per heavy atom. The Bertz CT molecular complexity index is 1150. The summed E-state index contributed by atoms with van der Waals surface area (Å²) in [5, 5.41) is 0. The van der Waals surface area contributed by atoms with Crippen molar-refractivity contribution >= 4 is 17.0 Å². The van der Waals surface area contributed by atoms with Crippen molar-refractivity contribution in [1.29, 1.82) is 0 Å². The van der Waals surface area contributed by atoms with Crippen molar-refractivity contribution in [3.8, 4) is 23.0 Å². The van der Waals surface area contributed by atoms with Crippen LogP contribution in [0.2, 0.25) is 0 Å². The Labute approximate surface area is 176 Å². The second-order valence-electron chi connectivity index (χ2n) is 7.05. The first kappa shape index (κ1) is 21.1. The molecule has 2 aromatic heterocycles. The molecule has 0 radical (unpaired) electrons. The fourth-order valence-electron chi connectivity index (χ4n) is 2.89. The maximum Gasteiger partial charge on any atom is 0.203 e. The van der Waals surface area contributed by atoms with Crippen LogP contribution in [0.3, 0.4) is 0 Å². The number of nitrogens with one attached hydrogen (secondary N) is 1. The van der Waals surface area contributed by atoms with Crippen LogP contribution in [0.15, 0.2) is 66.9 Å². The van der Waals surface area contributed by atoms with Gasteiger partial charge in [-0.1, -0.05) is 42.3 Å². The lowest BCUT2D eigenvalue weighted by Crippen LogP contribution is -2.26. The number of pyridine rings is 1. The Balaban J connectivity index is 0.00000124. The number of anilines is 1. The molecule has 0 spiro atoms. The Kier molecular flexibility index (Phi) is 6.82. The van der Waals surface area contributed by atoms with Gasteiger partial charge in [0.15, 0.2) is 0 Å². The van der Waals surface area contributed by atoms with E-state index in [-0.39, 0.29) is 0 Å². The number of benzene rings is 2. The van der Waals surface area contributed by atoms with Crippen LogP contribution in [-0.4, -0.2) is 35.2 Å². The van der Waals surface area contributed by atoms with Gasteiger partial charge in [0.25, 0.3) is 0 Å². The third kappa shape index (κ3) is 4.84. The molecule has 1 N–H and O–H groups in total. The number of halogens is 1. The topological polar surface area (TPSA) is 44.8 Å². The van der Waals surface area contributed by atoms with E-state index in [2.05, 4.69) is 63.7 Å². The minimum atomic E-state index is 0.379. The molecule has 30 heavy (non-hydrogen) atoms. The molecule has 0 aliphatic carbocycles. The average Bonchev–Trinajstić information content (AvgIpc) is 3.23. The first-order valence-electron chi connectivity index (χ1n) is 9.74. The third-order valence-corrected chi connectivity index (χ3v) is 4.78. The zero-order valence-corrected chi connectivity index (χ0v) is 17.6. The summed E-state index contributed by atoms with van der Waals surface area (Å²) in [7, 11) is 2.54. The summed E-state index contributed by atoms with van der Waals surface area (Å²) in [4.78, 5) is 14.6. The summed E-state index contributed by atoms with van der Waals surface area (Å²) in [6.07, 6.45) is 1.87. The lowest BCUT2D eigenvalue weighted by atomic mass is 10.1. The SMILES string of the molecule is CC(C)N(C)c1nc2ccc(C#Cc3ccc(-c4ccccc4)cn3)cc2[nH]1.CF. The number of nitrogens with zero attached hydrogens (tertiary/aromatic N) is 3. The number of aromatic nitrogens is 3.